The number of anilines is 4. The third-order valence-electron chi connectivity index (χ3n) is 6.96. The van der Waals surface area contributed by atoms with Gasteiger partial charge in [-0.25, -0.2) is 18.7 Å². The maximum atomic E-state index is 15.3. The molecule has 208 valence electrons. The van der Waals surface area contributed by atoms with Gasteiger partial charge in [-0.15, -0.1) is 0 Å². The van der Waals surface area contributed by atoms with Gasteiger partial charge in [-0.2, -0.15) is 8.78 Å². The molecule has 0 saturated carbocycles. The fourth-order valence-electron chi connectivity index (χ4n) is 4.78. The summed E-state index contributed by atoms with van der Waals surface area (Å²) in [5, 5.41) is 3.40. The molecule has 0 atom stereocenters. The first-order chi connectivity index (χ1) is 19.2. The number of fused-ring (bicyclic) bond motifs is 1. The lowest BCUT2D eigenvalue weighted by atomic mass is 10.0. The molecule has 0 radical (unpaired) electrons. The monoisotopic (exact) mass is 553 g/mol. The van der Waals surface area contributed by atoms with Crippen molar-refractivity contribution in [2.45, 2.75) is 33.3 Å². The van der Waals surface area contributed by atoms with Crippen LogP contribution in [0.5, 0.6) is 5.75 Å². The van der Waals surface area contributed by atoms with Gasteiger partial charge in [-0.1, -0.05) is 12.1 Å². The van der Waals surface area contributed by atoms with Gasteiger partial charge < -0.3 is 15.0 Å². The number of benzene rings is 2. The zero-order chi connectivity index (χ0) is 28.6. The largest absolute Gasteiger partial charge is 0.435 e. The summed E-state index contributed by atoms with van der Waals surface area (Å²) in [4.78, 5) is 25.1. The maximum absolute atomic E-state index is 15.3. The van der Waals surface area contributed by atoms with Crippen molar-refractivity contribution in [1.82, 2.24) is 9.97 Å². The normalized spacial score (nSPS) is 13.4. The molecule has 0 aliphatic carbocycles. The Kier molecular flexibility index (Phi) is 7.46. The average molecular weight is 554 g/mol. The van der Waals surface area contributed by atoms with E-state index in [9.17, 15) is 18.0 Å². The SMILES string of the molecule is CCN(C)c1cc(Nc2c(C)c(N3CCCC3=O)nc3cc(F)cc(F)c23)c(-c2ccc(OC(F)F)cc2)cn1. The van der Waals surface area contributed by atoms with Crippen LogP contribution in [0.4, 0.5) is 40.6 Å². The van der Waals surface area contributed by atoms with Gasteiger partial charge in [0.15, 0.2) is 0 Å². The number of aromatic nitrogens is 2. The second-order valence-corrected chi connectivity index (χ2v) is 9.50. The number of alkyl halides is 2. The van der Waals surface area contributed by atoms with Gasteiger partial charge in [-0.05, 0) is 38.0 Å². The van der Waals surface area contributed by atoms with Gasteiger partial charge in [0.25, 0.3) is 0 Å². The van der Waals surface area contributed by atoms with Gasteiger partial charge >= 0.3 is 6.61 Å². The molecule has 1 saturated heterocycles. The zero-order valence-corrected chi connectivity index (χ0v) is 22.1. The van der Waals surface area contributed by atoms with Crippen molar-refractivity contribution in [2.75, 3.05) is 35.3 Å². The molecule has 0 bridgehead atoms. The quantitative estimate of drug-likeness (QED) is 0.242. The molecule has 3 heterocycles. The van der Waals surface area contributed by atoms with Crippen LogP contribution in [0.25, 0.3) is 22.0 Å². The van der Waals surface area contributed by atoms with Crippen molar-refractivity contribution >= 4 is 39.8 Å². The van der Waals surface area contributed by atoms with Crippen LogP contribution in [-0.4, -0.2) is 42.6 Å². The number of nitrogens with zero attached hydrogens (tertiary/aromatic N) is 4. The molecular weight excluding hydrogens is 526 g/mol. The van der Waals surface area contributed by atoms with Crippen LogP contribution in [0, 0.1) is 18.6 Å². The highest BCUT2D eigenvalue weighted by Crippen LogP contribution is 2.40. The number of pyridine rings is 2. The summed E-state index contributed by atoms with van der Waals surface area (Å²) in [7, 11) is 1.87. The third-order valence-corrected chi connectivity index (χ3v) is 6.96. The van der Waals surface area contributed by atoms with E-state index in [0.29, 0.717) is 65.6 Å². The van der Waals surface area contributed by atoms with E-state index in [-0.39, 0.29) is 22.6 Å². The lowest BCUT2D eigenvalue weighted by Gasteiger charge is -2.24. The van der Waals surface area contributed by atoms with E-state index in [2.05, 4.69) is 20.0 Å². The minimum atomic E-state index is -2.95. The highest BCUT2D eigenvalue weighted by atomic mass is 19.3. The second-order valence-electron chi connectivity index (χ2n) is 9.50. The molecule has 2 aromatic heterocycles. The Balaban J connectivity index is 1.69. The summed E-state index contributed by atoms with van der Waals surface area (Å²) in [5.74, 6) is -0.735. The number of halogens is 4. The van der Waals surface area contributed by atoms with Gasteiger partial charge in [0.2, 0.25) is 5.91 Å². The van der Waals surface area contributed by atoms with Crippen LogP contribution >= 0.6 is 0 Å². The Hall–Kier alpha value is -4.41. The summed E-state index contributed by atoms with van der Waals surface area (Å²) in [6, 6.07) is 9.79. The molecule has 1 aliphatic rings. The fourth-order valence-corrected chi connectivity index (χ4v) is 4.78. The van der Waals surface area contributed by atoms with Crippen molar-refractivity contribution in [3.05, 3.63) is 65.9 Å². The summed E-state index contributed by atoms with van der Waals surface area (Å²) in [6.07, 6.45) is 2.66. The van der Waals surface area contributed by atoms with Crippen LogP contribution in [-0.2, 0) is 4.79 Å². The summed E-state index contributed by atoms with van der Waals surface area (Å²) in [6.45, 7) is 1.86. The van der Waals surface area contributed by atoms with E-state index in [1.165, 1.54) is 17.0 Å². The number of hydrogen-bond acceptors (Lipinski definition) is 6. The Labute approximate surface area is 228 Å². The predicted octanol–water partition coefficient (Wildman–Crippen LogP) is 6.81. The molecule has 1 fully saturated rings. The lowest BCUT2D eigenvalue weighted by molar-refractivity contribution is -0.117. The topological polar surface area (TPSA) is 70.6 Å². The van der Waals surface area contributed by atoms with E-state index in [0.717, 1.165) is 12.1 Å². The fraction of sp³-hybridized carbons (Fsp3) is 0.276. The Morgan fingerprint density at radius 2 is 1.90 bits per heavy atom. The average Bonchev–Trinajstić information content (AvgIpc) is 3.35. The van der Waals surface area contributed by atoms with Gasteiger partial charge in [0.1, 0.15) is 29.0 Å². The predicted molar refractivity (Wildman–Crippen MR) is 147 cm³/mol. The number of amides is 1. The minimum Gasteiger partial charge on any atom is -0.435 e. The minimum absolute atomic E-state index is 0.00328. The standard InChI is InChI=1S/C29H27F4N5O2/c1-4-37(3)24-14-22(20(15-34-24)17-7-9-19(10-8-17)40-29(32)33)35-27-16(2)28(38-11-5-6-25(38)39)36-23-13-18(30)12-21(31)26(23)27/h7-10,12-15,29H,4-6,11H2,1-3H3,(H,34,35,36). The molecule has 2 aromatic carbocycles. The second kappa shape index (κ2) is 11.0. The van der Waals surface area contributed by atoms with E-state index >= 15 is 4.39 Å². The van der Waals surface area contributed by atoms with Crippen molar-refractivity contribution in [3.63, 3.8) is 0 Å². The summed E-state index contributed by atoms with van der Waals surface area (Å²) in [5.41, 5.74) is 2.68. The van der Waals surface area contributed by atoms with Crippen molar-refractivity contribution in [1.29, 1.82) is 0 Å². The zero-order valence-electron chi connectivity index (χ0n) is 22.1. The smallest absolute Gasteiger partial charge is 0.387 e. The summed E-state index contributed by atoms with van der Waals surface area (Å²) < 4.78 is 59.4. The molecule has 1 amide bonds. The molecule has 11 heteroatoms. The highest BCUT2D eigenvalue weighted by Gasteiger charge is 2.28. The van der Waals surface area contributed by atoms with Crippen LogP contribution in [0.2, 0.25) is 0 Å². The van der Waals surface area contributed by atoms with Crippen molar-refractivity contribution < 1.29 is 27.1 Å². The molecule has 5 rings (SSSR count). The number of carbonyl (C=O) groups is 1. The first kappa shape index (κ1) is 27.2. The maximum Gasteiger partial charge on any atom is 0.387 e. The number of hydrogen-bond donors (Lipinski definition) is 1. The number of ether oxygens (including phenoxy) is 1. The first-order valence-electron chi connectivity index (χ1n) is 12.8. The third kappa shape index (κ3) is 5.23. The van der Waals surface area contributed by atoms with Crippen molar-refractivity contribution in [2.24, 2.45) is 0 Å². The first-order valence-corrected chi connectivity index (χ1v) is 12.8. The van der Waals surface area contributed by atoms with E-state index in [1.54, 1.807) is 31.3 Å². The number of rotatable bonds is 8. The molecule has 4 aromatic rings. The van der Waals surface area contributed by atoms with Crippen LogP contribution in [0.3, 0.4) is 0 Å². The van der Waals surface area contributed by atoms with Gasteiger partial charge in [-0.3, -0.25) is 9.69 Å². The van der Waals surface area contributed by atoms with E-state index < -0.39 is 18.2 Å². The van der Waals surface area contributed by atoms with Crippen molar-refractivity contribution in [3.8, 4) is 16.9 Å². The molecule has 1 N–H and O–H groups in total. The van der Waals surface area contributed by atoms with Crippen LogP contribution in [0.15, 0.2) is 48.7 Å². The highest BCUT2D eigenvalue weighted by molar-refractivity contribution is 6.03. The Morgan fingerprint density at radius 1 is 1.15 bits per heavy atom. The molecule has 40 heavy (non-hydrogen) atoms. The molecule has 7 nitrogen and oxygen atoms in total. The van der Waals surface area contributed by atoms with E-state index in [4.69, 9.17) is 0 Å². The van der Waals surface area contributed by atoms with Crippen LogP contribution in [0.1, 0.15) is 25.3 Å². The summed E-state index contributed by atoms with van der Waals surface area (Å²) >= 11 is 0. The van der Waals surface area contributed by atoms with E-state index in [1.807, 2.05) is 18.9 Å². The van der Waals surface area contributed by atoms with Crippen LogP contribution < -0.4 is 19.9 Å². The molecular formula is C29H27F4N5O2. The number of carbonyl (C=O) groups excluding carboxylic acids is 1. The Morgan fingerprint density at radius 3 is 2.55 bits per heavy atom. The molecule has 0 spiro atoms. The Bertz CT molecular complexity index is 1580. The van der Waals surface area contributed by atoms with Gasteiger partial charge in [0.05, 0.1) is 22.3 Å². The molecule has 1 aliphatic heterocycles. The number of nitrogens with one attached hydrogen (secondary N) is 1. The molecule has 0 unspecified atom stereocenters. The van der Waals surface area contributed by atoms with Gasteiger partial charge in [0, 0.05) is 62.1 Å². The lowest BCUT2D eigenvalue weighted by Crippen LogP contribution is -2.26.